The zero-order chi connectivity index (χ0) is 20.4. The summed E-state index contributed by atoms with van der Waals surface area (Å²) >= 11 is 0. The zero-order valence-corrected chi connectivity index (χ0v) is 16.2. The van der Waals surface area contributed by atoms with Crippen molar-refractivity contribution in [1.29, 1.82) is 0 Å². The first-order valence-corrected chi connectivity index (χ1v) is 9.60. The summed E-state index contributed by atoms with van der Waals surface area (Å²) in [5.74, 6) is -0.277. The quantitative estimate of drug-likeness (QED) is 0.848. The largest absolute Gasteiger partial charge is 0.483 e. The van der Waals surface area contributed by atoms with Crippen molar-refractivity contribution < 1.29 is 19.1 Å². The van der Waals surface area contributed by atoms with Crippen LogP contribution in [-0.2, 0) is 18.4 Å². The third-order valence-corrected chi connectivity index (χ3v) is 5.36. The SMILES string of the molecule is Cn1ccc(=O)c(OCc2ccccc2)c1C(=O)N1CCCC2(CNC(=O)O2)C1. The van der Waals surface area contributed by atoms with Crippen molar-refractivity contribution in [3.63, 3.8) is 0 Å². The number of hydrogen-bond acceptors (Lipinski definition) is 5. The summed E-state index contributed by atoms with van der Waals surface area (Å²) < 4.78 is 12.9. The molecule has 2 fully saturated rings. The highest BCUT2D eigenvalue weighted by Crippen LogP contribution is 2.29. The minimum absolute atomic E-state index is 0.0324. The van der Waals surface area contributed by atoms with Crippen molar-refractivity contribution >= 4 is 12.0 Å². The van der Waals surface area contributed by atoms with Crippen molar-refractivity contribution in [1.82, 2.24) is 14.8 Å². The topological polar surface area (TPSA) is 89.9 Å². The van der Waals surface area contributed by atoms with Gasteiger partial charge in [-0.25, -0.2) is 4.79 Å². The summed E-state index contributed by atoms with van der Waals surface area (Å²) in [5.41, 5.74) is 0.0486. The fourth-order valence-corrected chi connectivity index (χ4v) is 3.87. The van der Waals surface area contributed by atoms with Gasteiger partial charge in [0.15, 0.2) is 11.4 Å². The van der Waals surface area contributed by atoms with E-state index in [2.05, 4.69) is 5.32 Å². The van der Waals surface area contributed by atoms with E-state index in [1.807, 2.05) is 30.3 Å². The Labute approximate surface area is 168 Å². The van der Waals surface area contributed by atoms with Crippen molar-refractivity contribution in [3.8, 4) is 5.75 Å². The van der Waals surface area contributed by atoms with Crippen LogP contribution in [-0.4, -0.2) is 46.7 Å². The summed E-state index contributed by atoms with van der Waals surface area (Å²) in [6.45, 7) is 1.37. The van der Waals surface area contributed by atoms with Gasteiger partial charge in [0.25, 0.3) is 5.91 Å². The molecular formula is C21H23N3O5. The molecular weight excluding hydrogens is 374 g/mol. The molecule has 2 saturated heterocycles. The monoisotopic (exact) mass is 397 g/mol. The number of nitrogens with zero attached hydrogens (tertiary/aromatic N) is 2. The van der Waals surface area contributed by atoms with Gasteiger partial charge in [-0.2, -0.15) is 0 Å². The summed E-state index contributed by atoms with van der Waals surface area (Å²) in [5, 5.41) is 2.67. The summed E-state index contributed by atoms with van der Waals surface area (Å²) in [6, 6.07) is 10.8. The lowest BCUT2D eigenvalue weighted by Crippen LogP contribution is -2.52. The van der Waals surface area contributed by atoms with E-state index in [0.717, 1.165) is 5.56 Å². The second kappa shape index (κ2) is 7.62. The molecule has 2 aromatic rings. The maximum atomic E-state index is 13.4. The van der Waals surface area contributed by atoms with Gasteiger partial charge in [-0.1, -0.05) is 30.3 Å². The van der Waals surface area contributed by atoms with Crippen LogP contribution in [0.25, 0.3) is 0 Å². The van der Waals surface area contributed by atoms with E-state index in [-0.39, 0.29) is 35.9 Å². The molecule has 1 aromatic carbocycles. The highest BCUT2D eigenvalue weighted by atomic mass is 16.6. The Balaban J connectivity index is 1.60. The Morgan fingerprint density at radius 3 is 2.76 bits per heavy atom. The van der Waals surface area contributed by atoms with Crippen molar-refractivity contribution in [2.24, 2.45) is 7.05 Å². The first kappa shape index (κ1) is 19.0. The minimum Gasteiger partial charge on any atom is -0.483 e. The van der Waals surface area contributed by atoms with Gasteiger partial charge < -0.3 is 24.3 Å². The lowest BCUT2D eigenvalue weighted by Gasteiger charge is -2.38. The van der Waals surface area contributed by atoms with Crippen LogP contribution in [0.5, 0.6) is 5.75 Å². The number of carbonyl (C=O) groups excluding carboxylic acids is 2. The van der Waals surface area contributed by atoms with Crippen LogP contribution >= 0.6 is 0 Å². The van der Waals surface area contributed by atoms with Crippen LogP contribution in [0.2, 0.25) is 0 Å². The summed E-state index contributed by atoms with van der Waals surface area (Å²) in [4.78, 5) is 39.0. The first-order chi connectivity index (χ1) is 14.0. The summed E-state index contributed by atoms with van der Waals surface area (Å²) in [6.07, 6.45) is 2.50. The number of hydrogen-bond donors (Lipinski definition) is 1. The number of benzene rings is 1. The molecule has 1 aromatic heterocycles. The van der Waals surface area contributed by atoms with Gasteiger partial charge in [0, 0.05) is 25.9 Å². The number of nitrogens with one attached hydrogen (secondary N) is 1. The molecule has 2 aliphatic heterocycles. The van der Waals surface area contributed by atoms with E-state index in [1.165, 1.54) is 6.07 Å². The van der Waals surface area contributed by atoms with Gasteiger partial charge >= 0.3 is 6.09 Å². The average Bonchev–Trinajstić information content (AvgIpc) is 3.08. The highest BCUT2D eigenvalue weighted by Gasteiger charge is 2.45. The fraction of sp³-hybridized carbons (Fsp3) is 0.381. The molecule has 3 heterocycles. The number of likely N-dealkylation sites (tertiary alicyclic amines) is 1. The number of aryl methyl sites for hydroxylation is 1. The van der Waals surface area contributed by atoms with Gasteiger partial charge in [-0.15, -0.1) is 0 Å². The number of rotatable bonds is 4. The van der Waals surface area contributed by atoms with Gasteiger partial charge in [-0.05, 0) is 18.4 Å². The Morgan fingerprint density at radius 2 is 2.03 bits per heavy atom. The van der Waals surface area contributed by atoms with E-state index in [4.69, 9.17) is 9.47 Å². The Bertz CT molecular complexity index is 988. The van der Waals surface area contributed by atoms with Crippen LogP contribution in [0, 0.1) is 0 Å². The van der Waals surface area contributed by atoms with E-state index < -0.39 is 11.7 Å². The predicted molar refractivity (Wildman–Crippen MR) is 105 cm³/mol. The number of ether oxygens (including phenoxy) is 2. The van der Waals surface area contributed by atoms with Gasteiger partial charge in [0.05, 0.1) is 13.1 Å². The molecule has 0 bridgehead atoms. The molecule has 1 unspecified atom stereocenters. The number of pyridine rings is 1. The molecule has 4 rings (SSSR count). The molecule has 1 atom stereocenters. The molecule has 2 amide bonds. The molecule has 29 heavy (non-hydrogen) atoms. The molecule has 1 N–H and O–H groups in total. The first-order valence-electron chi connectivity index (χ1n) is 9.60. The zero-order valence-electron chi connectivity index (χ0n) is 16.2. The highest BCUT2D eigenvalue weighted by molar-refractivity contribution is 5.95. The summed E-state index contributed by atoms with van der Waals surface area (Å²) in [7, 11) is 1.71. The molecule has 2 aliphatic rings. The maximum Gasteiger partial charge on any atom is 0.407 e. The van der Waals surface area contributed by atoms with Crippen LogP contribution in [0.4, 0.5) is 4.79 Å². The molecule has 0 aliphatic carbocycles. The van der Waals surface area contributed by atoms with E-state index in [0.29, 0.717) is 25.9 Å². The lowest BCUT2D eigenvalue weighted by molar-refractivity contribution is -0.00556. The van der Waals surface area contributed by atoms with Crippen molar-refractivity contribution in [3.05, 3.63) is 64.1 Å². The normalized spacial score (nSPS) is 21.0. The molecule has 1 spiro atoms. The second-order valence-electron chi connectivity index (χ2n) is 7.50. The van der Waals surface area contributed by atoms with Gasteiger partial charge in [-0.3, -0.25) is 9.59 Å². The van der Waals surface area contributed by atoms with Gasteiger partial charge in [0.1, 0.15) is 12.2 Å². The Kier molecular flexibility index (Phi) is 5.00. The van der Waals surface area contributed by atoms with E-state index in [1.54, 1.807) is 22.7 Å². The smallest absolute Gasteiger partial charge is 0.407 e. The minimum atomic E-state index is -0.705. The Morgan fingerprint density at radius 1 is 1.24 bits per heavy atom. The number of carbonyl (C=O) groups is 2. The average molecular weight is 397 g/mol. The predicted octanol–water partition coefficient (Wildman–Crippen LogP) is 1.68. The van der Waals surface area contributed by atoms with Crippen LogP contribution < -0.4 is 15.5 Å². The number of alkyl carbamates (subject to hydrolysis) is 1. The molecule has 8 nitrogen and oxygen atoms in total. The molecule has 0 radical (unpaired) electrons. The van der Waals surface area contributed by atoms with Crippen LogP contribution in [0.1, 0.15) is 28.9 Å². The van der Waals surface area contributed by atoms with Crippen LogP contribution in [0.15, 0.2) is 47.4 Å². The van der Waals surface area contributed by atoms with E-state index >= 15 is 0 Å². The number of piperidine rings is 1. The maximum absolute atomic E-state index is 13.4. The molecule has 152 valence electrons. The third-order valence-electron chi connectivity index (χ3n) is 5.36. The lowest BCUT2D eigenvalue weighted by atomic mass is 9.93. The second-order valence-corrected chi connectivity index (χ2v) is 7.50. The molecule has 8 heteroatoms. The standard InChI is InChI=1S/C21H23N3O5/c1-23-11-8-16(25)18(28-12-15-6-3-2-4-7-15)17(23)19(26)24-10-5-9-21(14-24)13-22-20(27)29-21/h2-4,6-8,11H,5,9-10,12-14H2,1H3,(H,22,27). The number of amides is 2. The molecule has 0 saturated carbocycles. The Hall–Kier alpha value is -3.29. The van der Waals surface area contributed by atoms with Gasteiger partial charge in [0.2, 0.25) is 5.43 Å². The fourth-order valence-electron chi connectivity index (χ4n) is 3.87. The third kappa shape index (κ3) is 3.83. The van der Waals surface area contributed by atoms with E-state index in [9.17, 15) is 14.4 Å². The van der Waals surface area contributed by atoms with Crippen molar-refractivity contribution in [2.45, 2.75) is 25.0 Å². The van der Waals surface area contributed by atoms with Crippen molar-refractivity contribution in [2.75, 3.05) is 19.6 Å². The van der Waals surface area contributed by atoms with Crippen LogP contribution in [0.3, 0.4) is 0 Å². The number of aromatic nitrogens is 1.